The minimum atomic E-state index is 0.540. The van der Waals surface area contributed by atoms with E-state index in [1.807, 2.05) is 6.92 Å². The highest BCUT2D eigenvalue weighted by Gasteiger charge is 1.91. The van der Waals surface area contributed by atoms with Gasteiger partial charge in [0.15, 0.2) is 0 Å². The molecule has 70 valence electrons. The summed E-state index contributed by atoms with van der Waals surface area (Å²) in [6.45, 7) is 4.11. The number of hydrazone groups is 1. The van der Waals surface area contributed by atoms with Crippen LogP contribution in [0.3, 0.4) is 0 Å². The third kappa shape index (κ3) is 3.64. The highest BCUT2D eigenvalue weighted by molar-refractivity contribution is 5.82. The molecule has 1 heterocycles. The molecule has 0 amide bonds. The first-order chi connectivity index (χ1) is 6.33. The maximum absolute atomic E-state index is 4.13. The Bertz CT molecular complexity index is 268. The summed E-state index contributed by atoms with van der Waals surface area (Å²) in [6.07, 6.45) is 5.46. The summed E-state index contributed by atoms with van der Waals surface area (Å²) >= 11 is 0. The Morgan fingerprint density at radius 2 is 2.15 bits per heavy atom. The molecule has 0 aliphatic rings. The Balaban J connectivity index is 2.47. The molecular formula is C9H14N4. The number of nitrogens with one attached hydrogen (secondary N) is 1. The molecule has 13 heavy (non-hydrogen) atoms. The van der Waals surface area contributed by atoms with Gasteiger partial charge in [0.2, 0.25) is 5.95 Å². The predicted octanol–water partition coefficient (Wildman–Crippen LogP) is 2.06. The van der Waals surface area contributed by atoms with E-state index in [2.05, 4.69) is 27.4 Å². The average Bonchev–Trinajstić information content (AvgIpc) is 2.17. The zero-order valence-electron chi connectivity index (χ0n) is 7.99. The first-order valence-electron chi connectivity index (χ1n) is 4.39. The van der Waals surface area contributed by atoms with Crippen LogP contribution in [0.15, 0.2) is 23.6 Å². The van der Waals surface area contributed by atoms with E-state index < -0.39 is 0 Å². The second kappa shape index (κ2) is 5.24. The van der Waals surface area contributed by atoms with E-state index >= 15 is 0 Å². The number of aromatic nitrogens is 2. The van der Waals surface area contributed by atoms with Gasteiger partial charge in [0.05, 0.1) is 0 Å². The Morgan fingerprint density at radius 1 is 1.46 bits per heavy atom. The van der Waals surface area contributed by atoms with Gasteiger partial charge in [-0.1, -0.05) is 13.3 Å². The Labute approximate surface area is 78.1 Å². The second-order valence-corrected chi connectivity index (χ2v) is 2.78. The lowest BCUT2D eigenvalue weighted by atomic mass is 10.2. The first kappa shape index (κ1) is 9.64. The van der Waals surface area contributed by atoms with Crippen LogP contribution in [0.4, 0.5) is 5.95 Å². The molecule has 1 aromatic rings. The van der Waals surface area contributed by atoms with Crippen molar-refractivity contribution >= 4 is 11.7 Å². The van der Waals surface area contributed by atoms with Gasteiger partial charge >= 0.3 is 0 Å². The van der Waals surface area contributed by atoms with Crippen molar-refractivity contribution < 1.29 is 0 Å². The summed E-state index contributed by atoms with van der Waals surface area (Å²) in [5, 5.41) is 4.13. The van der Waals surface area contributed by atoms with E-state index in [0.29, 0.717) is 5.95 Å². The molecular weight excluding hydrogens is 164 g/mol. The molecule has 4 nitrogen and oxygen atoms in total. The van der Waals surface area contributed by atoms with Crippen molar-refractivity contribution in [2.75, 3.05) is 5.43 Å². The lowest BCUT2D eigenvalue weighted by molar-refractivity contribution is 0.979. The SMILES string of the molecule is CCC/C(C)=N/Nc1ncccn1. The summed E-state index contributed by atoms with van der Waals surface area (Å²) < 4.78 is 0. The van der Waals surface area contributed by atoms with Crippen molar-refractivity contribution in [1.82, 2.24) is 9.97 Å². The van der Waals surface area contributed by atoms with Crippen molar-refractivity contribution in [1.29, 1.82) is 0 Å². The van der Waals surface area contributed by atoms with Crippen molar-refractivity contribution in [2.45, 2.75) is 26.7 Å². The fourth-order valence-corrected chi connectivity index (χ4v) is 0.920. The third-order valence-electron chi connectivity index (χ3n) is 1.52. The van der Waals surface area contributed by atoms with Crippen molar-refractivity contribution in [3.63, 3.8) is 0 Å². The minimum Gasteiger partial charge on any atom is -0.245 e. The normalized spacial score (nSPS) is 11.4. The summed E-state index contributed by atoms with van der Waals surface area (Å²) in [5.41, 5.74) is 3.86. The summed E-state index contributed by atoms with van der Waals surface area (Å²) in [5.74, 6) is 0.540. The highest BCUT2D eigenvalue weighted by Crippen LogP contribution is 1.96. The van der Waals surface area contributed by atoms with E-state index in [0.717, 1.165) is 18.6 Å². The molecule has 0 saturated heterocycles. The van der Waals surface area contributed by atoms with Gasteiger partial charge in [-0.25, -0.2) is 15.4 Å². The van der Waals surface area contributed by atoms with Crippen LogP contribution in [-0.2, 0) is 0 Å². The quantitative estimate of drug-likeness (QED) is 0.567. The Kier molecular flexibility index (Phi) is 3.88. The van der Waals surface area contributed by atoms with Crippen LogP contribution in [0.25, 0.3) is 0 Å². The van der Waals surface area contributed by atoms with Gasteiger partial charge in [-0.05, 0) is 19.4 Å². The molecule has 0 saturated carbocycles. The van der Waals surface area contributed by atoms with Gasteiger partial charge in [-0.15, -0.1) is 0 Å². The molecule has 1 N–H and O–H groups in total. The maximum atomic E-state index is 4.13. The summed E-state index contributed by atoms with van der Waals surface area (Å²) in [4.78, 5) is 7.96. The lowest BCUT2D eigenvalue weighted by Gasteiger charge is -1.99. The molecule has 4 heteroatoms. The molecule has 0 unspecified atom stereocenters. The lowest BCUT2D eigenvalue weighted by Crippen LogP contribution is -1.99. The van der Waals surface area contributed by atoms with Gasteiger partial charge in [-0.3, -0.25) is 0 Å². The fraction of sp³-hybridized carbons (Fsp3) is 0.444. The molecule has 1 aromatic heterocycles. The maximum Gasteiger partial charge on any atom is 0.243 e. The topological polar surface area (TPSA) is 50.2 Å². The first-order valence-corrected chi connectivity index (χ1v) is 4.39. The Morgan fingerprint density at radius 3 is 2.77 bits per heavy atom. The van der Waals surface area contributed by atoms with E-state index in [4.69, 9.17) is 0 Å². The molecule has 0 radical (unpaired) electrons. The largest absolute Gasteiger partial charge is 0.245 e. The van der Waals surface area contributed by atoms with Crippen molar-refractivity contribution in [3.05, 3.63) is 18.5 Å². The standard InChI is InChI=1S/C9H14N4/c1-3-5-8(2)12-13-9-10-6-4-7-11-9/h4,6-7H,3,5H2,1-2H3,(H,10,11,13)/b12-8+. The van der Waals surface area contributed by atoms with E-state index in [-0.39, 0.29) is 0 Å². The number of hydrogen-bond donors (Lipinski definition) is 1. The smallest absolute Gasteiger partial charge is 0.243 e. The van der Waals surface area contributed by atoms with Crippen LogP contribution >= 0.6 is 0 Å². The molecule has 0 atom stereocenters. The molecule has 0 spiro atoms. The van der Waals surface area contributed by atoms with Crippen LogP contribution < -0.4 is 5.43 Å². The molecule has 0 aliphatic heterocycles. The summed E-state index contributed by atoms with van der Waals surface area (Å²) in [7, 11) is 0. The van der Waals surface area contributed by atoms with Gasteiger partial charge in [0, 0.05) is 18.1 Å². The van der Waals surface area contributed by atoms with Crippen LogP contribution in [0, 0.1) is 0 Å². The molecule has 0 aromatic carbocycles. The van der Waals surface area contributed by atoms with E-state index in [1.165, 1.54) is 0 Å². The monoisotopic (exact) mass is 178 g/mol. The highest BCUT2D eigenvalue weighted by atomic mass is 15.3. The van der Waals surface area contributed by atoms with Crippen LogP contribution in [0.1, 0.15) is 26.7 Å². The van der Waals surface area contributed by atoms with Gasteiger partial charge in [0.1, 0.15) is 0 Å². The molecule has 1 rings (SSSR count). The predicted molar refractivity (Wildman–Crippen MR) is 53.7 cm³/mol. The van der Waals surface area contributed by atoms with Crippen molar-refractivity contribution in [3.8, 4) is 0 Å². The molecule has 0 fully saturated rings. The molecule has 0 bridgehead atoms. The van der Waals surface area contributed by atoms with Crippen LogP contribution in [0.5, 0.6) is 0 Å². The fourth-order valence-electron chi connectivity index (χ4n) is 0.920. The van der Waals surface area contributed by atoms with Crippen molar-refractivity contribution in [2.24, 2.45) is 5.10 Å². The number of nitrogens with zero attached hydrogens (tertiary/aromatic N) is 3. The van der Waals surface area contributed by atoms with E-state index in [1.54, 1.807) is 18.5 Å². The number of rotatable bonds is 4. The number of hydrogen-bond acceptors (Lipinski definition) is 4. The minimum absolute atomic E-state index is 0.540. The van der Waals surface area contributed by atoms with E-state index in [9.17, 15) is 0 Å². The molecule has 0 aliphatic carbocycles. The average molecular weight is 178 g/mol. The second-order valence-electron chi connectivity index (χ2n) is 2.78. The van der Waals surface area contributed by atoms with Gasteiger partial charge in [0.25, 0.3) is 0 Å². The number of anilines is 1. The zero-order chi connectivity index (χ0) is 9.52. The summed E-state index contributed by atoms with van der Waals surface area (Å²) in [6, 6.07) is 1.77. The van der Waals surface area contributed by atoms with Gasteiger partial charge < -0.3 is 0 Å². The Hall–Kier alpha value is -1.45. The van der Waals surface area contributed by atoms with Crippen LogP contribution in [0.2, 0.25) is 0 Å². The van der Waals surface area contributed by atoms with Gasteiger partial charge in [-0.2, -0.15) is 5.10 Å². The zero-order valence-corrected chi connectivity index (χ0v) is 7.99. The third-order valence-corrected chi connectivity index (χ3v) is 1.52. The van der Waals surface area contributed by atoms with Crippen LogP contribution in [-0.4, -0.2) is 15.7 Å².